The Morgan fingerprint density at radius 3 is 2.87 bits per heavy atom. The molecule has 0 amide bonds. The van der Waals surface area contributed by atoms with Gasteiger partial charge in [-0.2, -0.15) is 0 Å². The second-order valence-corrected chi connectivity index (χ2v) is 4.61. The Bertz CT molecular complexity index is 348. The predicted molar refractivity (Wildman–Crippen MR) is 59.9 cm³/mol. The van der Waals surface area contributed by atoms with Crippen molar-refractivity contribution in [3.8, 4) is 5.75 Å². The summed E-state index contributed by atoms with van der Waals surface area (Å²) in [6.45, 7) is 2.19. The van der Waals surface area contributed by atoms with Crippen LogP contribution in [0.1, 0.15) is 31.7 Å². The van der Waals surface area contributed by atoms with E-state index >= 15 is 0 Å². The minimum atomic E-state index is -0.631. The summed E-state index contributed by atoms with van der Waals surface area (Å²) in [4.78, 5) is 0. The maximum absolute atomic E-state index is 10.5. The van der Waals surface area contributed by atoms with Crippen molar-refractivity contribution < 1.29 is 9.84 Å². The van der Waals surface area contributed by atoms with E-state index in [1.165, 1.54) is 0 Å². The topological polar surface area (TPSA) is 29.5 Å². The normalized spacial score (nSPS) is 30.5. The van der Waals surface area contributed by atoms with E-state index in [1.807, 2.05) is 24.3 Å². The molecule has 1 saturated carbocycles. The lowest BCUT2D eigenvalue weighted by atomic mass is 9.91. The molecule has 0 aromatic heterocycles. The van der Waals surface area contributed by atoms with E-state index in [1.54, 1.807) is 7.11 Å². The monoisotopic (exact) mass is 206 g/mol. The molecule has 2 atom stereocenters. The van der Waals surface area contributed by atoms with Crippen molar-refractivity contribution in [3.63, 3.8) is 0 Å². The lowest BCUT2D eigenvalue weighted by Gasteiger charge is -2.23. The van der Waals surface area contributed by atoms with Gasteiger partial charge in [0.25, 0.3) is 0 Å². The molecule has 2 rings (SSSR count). The maximum atomic E-state index is 10.5. The highest BCUT2D eigenvalue weighted by molar-refractivity contribution is 5.32. The second-order valence-electron chi connectivity index (χ2n) is 4.61. The van der Waals surface area contributed by atoms with Gasteiger partial charge >= 0.3 is 0 Å². The largest absolute Gasteiger partial charge is 0.497 e. The van der Waals surface area contributed by atoms with Gasteiger partial charge in [-0.15, -0.1) is 0 Å². The van der Waals surface area contributed by atoms with Crippen LogP contribution in [-0.2, 0) is 5.60 Å². The van der Waals surface area contributed by atoms with Gasteiger partial charge in [0.05, 0.1) is 12.7 Å². The molecule has 1 N–H and O–H groups in total. The number of aliphatic hydroxyl groups is 1. The van der Waals surface area contributed by atoms with E-state index in [2.05, 4.69) is 6.92 Å². The quantitative estimate of drug-likeness (QED) is 0.806. The van der Waals surface area contributed by atoms with Gasteiger partial charge in [0.15, 0.2) is 0 Å². The van der Waals surface area contributed by atoms with Crippen molar-refractivity contribution >= 4 is 0 Å². The van der Waals surface area contributed by atoms with Crippen LogP contribution in [0.2, 0.25) is 0 Å². The number of hydrogen-bond acceptors (Lipinski definition) is 2. The molecule has 1 fully saturated rings. The lowest BCUT2D eigenvalue weighted by molar-refractivity contribution is 0.0406. The molecule has 1 aromatic rings. The molecular weight excluding hydrogens is 188 g/mol. The smallest absolute Gasteiger partial charge is 0.119 e. The van der Waals surface area contributed by atoms with Crippen molar-refractivity contribution in [2.75, 3.05) is 7.11 Å². The fourth-order valence-corrected chi connectivity index (χ4v) is 2.44. The van der Waals surface area contributed by atoms with Crippen molar-refractivity contribution in [1.82, 2.24) is 0 Å². The van der Waals surface area contributed by atoms with Gasteiger partial charge in [-0.25, -0.2) is 0 Å². The molecule has 2 heteroatoms. The highest BCUT2D eigenvalue weighted by Crippen LogP contribution is 2.42. The molecule has 0 spiro atoms. The van der Waals surface area contributed by atoms with E-state index in [0.717, 1.165) is 30.6 Å². The zero-order chi connectivity index (χ0) is 10.9. The van der Waals surface area contributed by atoms with Gasteiger partial charge in [-0.05, 0) is 42.9 Å². The van der Waals surface area contributed by atoms with Crippen molar-refractivity contribution in [3.05, 3.63) is 29.8 Å². The standard InChI is InChI=1S/C13H18O2/c1-10-6-7-13(14,9-10)11-4-3-5-12(8-11)15-2/h3-5,8,10,14H,6-7,9H2,1-2H3/t10-,13+/m1/s1. The number of benzene rings is 1. The van der Waals surface area contributed by atoms with Crippen LogP contribution in [0.3, 0.4) is 0 Å². The Morgan fingerprint density at radius 1 is 1.47 bits per heavy atom. The third-order valence-electron chi connectivity index (χ3n) is 3.34. The summed E-state index contributed by atoms with van der Waals surface area (Å²) >= 11 is 0. The number of rotatable bonds is 2. The van der Waals surface area contributed by atoms with E-state index in [0.29, 0.717) is 5.92 Å². The molecule has 1 aliphatic rings. The van der Waals surface area contributed by atoms with Crippen LogP contribution in [0.5, 0.6) is 5.75 Å². The van der Waals surface area contributed by atoms with Crippen LogP contribution in [0, 0.1) is 5.92 Å². The fraction of sp³-hybridized carbons (Fsp3) is 0.538. The van der Waals surface area contributed by atoms with E-state index in [-0.39, 0.29) is 0 Å². The van der Waals surface area contributed by atoms with Crippen LogP contribution in [0.25, 0.3) is 0 Å². The maximum Gasteiger partial charge on any atom is 0.119 e. The van der Waals surface area contributed by atoms with Gasteiger partial charge in [0.2, 0.25) is 0 Å². The van der Waals surface area contributed by atoms with Crippen LogP contribution < -0.4 is 4.74 Å². The minimum Gasteiger partial charge on any atom is -0.497 e. The zero-order valence-corrected chi connectivity index (χ0v) is 9.36. The van der Waals surface area contributed by atoms with Crippen molar-refractivity contribution in [2.45, 2.75) is 31.8 Å². The van der Waals surface area contributed by atoms with Gasteiger partial charge in [0, 0.05) is 0 Å². The summed E-state index contributed by atoms with van der Waals surface area (Å²) in [7, 11) is 1.65. The highest BCUT2D eigenvalue weighted by atomic mass is 16.5. The first-order chi connectivity index (χ1) is 7.14. The number of methoxy groups -OCH3 is 1. The first-order valence-electron chi connectivity index (χ1n) is 5.51. The molecule has 2 nitrogen and oxygen atoms in total. The Labute approximate surface area is 90.9 Å². The third-order valence-corrected chi connectivity index (χ3v) is 3.34. The number of ether oxygens (including phenoxy) is 1. The third kappa shape index (κ3) is 2.00. The van der Waals surface area contributed by atoms with Crippen LogP contribution in [0.15, 0.2) is 24.3 Å². The molecule has 0 heterocycles. The summed E-state index contributed by atoms with van der Waals surface area (Å²) in [6.07, 6.45) is 2.83. The van der Waals surface area contributed by atoms with E-state index < -0.39 is 5.60 Å². The molecule has 1 aliphatic carbocycles. The summed E-state index contributed by atoms with van der Waals surface area (Å²) in [6, 6.07) is 7.78. The van der Waals surface area contributed by atoms with Gasteiger partial charge < -0.3 is 9.84 Å². The summed E-state index contributed by atoms with van der Waals surface area (Å²) in [5.74, 6) is 1.43. The Balaban J connectivity index is 2.28. The molecule has 0 bridgehead atoms. The summed E-state index contributed by atoms with van der Waals surface area (Å²) < 4.78 is 5.18. The fourth-order valence-electron chi connectivity index (χ4n) is 2.44. The summed E-state index contributed by atoms with van der Waals surface area (Å²) in [5.41, 5.74) is 0.361. The van der Waals surface area contributed by atoms with Crippen LogP contribution in [0.4, 0.5) is 0 Å². The molecule has 0 radical (unpaired) electrons. The average Bonchev–Trinajstić information content (AvgIpc) is 2.60. The van der Waals surface area contributed by atoms with Gasteiger partial charge in [-0.1, -0.05) is 19.1 Å². The molecule has 82 valence electrons. The Kier molecular flexibility index (Phi) is 2.70. The van der Waals surface area contributed by atoms with Crippen LogP contribution >= 0.6 is 0 Å². The number of hydrogen-bond donors (Lipinski definition) is 1. The van der Waals surface area contributed by atoms with Gasteiger partial charge in [0.1, 0.15) is 5.75 Å². The Morgan fingerprint density at radius 2 is 2.27 bits per heavy atom. The highest BCUT2D eigenvalue weighted by Gasteiger charge is 2.36. The van der Waals surface area contributed by atoms with E-state index in [4.69, 9.17) is 4.74 Å². The molecule has 15 heavy (non-hydrogen) atoms. The first kappa shape index (κ1) is 10.5. The predicted octanol–water partition coefficient (Wildman–Crippen LogP) is 2.70. The second kappa shape index (κ2) is 3.86. The lowest BCUT2D eigenvalue weighted by Crippen LogP contribution is -2.21. The van der Waals surface area contributed by atoms with Crippen LogP contribution in [-0.4, -0.2) is 12.2 Å². The molecular formula is C13H18O2. The molecule has 1 aromatic carbocycles. The summed E-state index contributed by atoms with van der Waals surface area (Å²) in [5, 5.41) is 10.5. The average molecular weight is 206 g/mol. The van der Waals surface area contributed by atoms with Crippen molar-refractivity contribution in [2.24, 2.45) is 5.92 Å². The molecule has 0 unspecified atom stereocenters. The zero-order valence-electron chi connectivity index (χ0n) is 9.36. The first-order valence-corrected chi connectivity index (χ1v) is 5.51. The van der Waals surface area contributed by atoms with Gasteiger partial charge in [-0.3, -0.25) is 0 Å². The SMILES string of the molecule is COc1cccc([C@]2(O)CC[C@@H](C)C2)c1. The Hall–Kier alpha value is -1.02. The van der Waals surface area contributed by atoms with E-state index in [9.17, 15) is 5.11 Å². The minimum absolute atomic E-state index is 0.612. The van der Waals surface area contributed by atoms with Crippen molar-refractivity contribution in [1.29, 1.82) is 0 Å². The molecule has 0 saturated heterocycles. The molecule has 0 aliphatic heterocycles.